The van der Waals surface area contributed by atoms with Crippen molar-refractivity contribution in [3.05, 3.63) is 70.8 Å². The zero-order chi connectivity index (χ0) is 21.3. The number of piperidine rings is 1. The van der Waals surface area contributed by atoms with E-state index in [-0.39, 0.29) is 0 Å². The molecule has 0 bridgehead atoms. The van der Waals surface area contributed by atoms with E-state index in [1.807, 2.05) is 0 Å². The van der Waals surface area contributed by atoms with Crippen LogP contribution in [0, 0.1) is 35.1 Å². The molecule has 2 aromatic rings. The van der Waals surface area contributed by atoms with Gasteiger partial charge in [-0.15, -0.1) is 0 Å². The summed E-state index contributed by atoms with van der Waals surface area (Å²) in [5.41, 5.74) is 0.865. The first-order valence-corrected chi connectivity index (χ1v) is 10.8. The average molecular weight is 422 g/mol. The van der Waals surface area contributed by atoms with E-state index < -0.39 is 23.3 Å². The lowest BCUT2D eigenvalue weighted by molar-refractivity contribution is -0.958. The highest BCUT2D eigenvalue weighted by Crippen LogP contribution is 2.32. The zero-order valence-electron chi connectivity index (χ0n) is 17.3. The number of rotatable bonds is 7. The Hall–Kier alpha value is -1.92. The van der Waals surface area contributed by atoms with Crippen LogP contribution in [-0.2, 0) is 13.1 Å². The van der Waals surface area contributed by atoms with Crippen LogP contribution in [0.1, 0.15) is 37.3 Å². The maximum Gasteiger partial charge on any atom is 0.134 e. The minimum atomic E-state index is -0.605. The van der Waals surface area contributed by atoms with Crippen LogP contribution in [0.3, 0.4) is 0 Å². The largest absolute Gasteiger partial charge is 0.316 e. The molecule has 1 N–H and O–H groups in total. The molecule has 30 heavy (non-hydrogen) atoms. The summed E-state index contributed by atoms with van der Waals surface area (Å²) in [5.74, 6) is -1.05. The SMILES string of the molecule is C[C@@H]1C[C@H]1NCC1CC[N+](Cc2ccc(F)cc2F)(Cc2ccc(F)cc2F)CC1. The maximum absolute atomic E-state index is 14.4. The van der Waals surface area contributed by atoms with Gasteiger partial charge in [0.05, 0.1) is 13.1 Å². The number of quaternary nitrogens is 1. The smallest absolute Gasteiger partial charge is 0.134 e. The van der Waals surface area contributed by atoms with Gasteiger partial charge in [0, 0.05) is 42.1 Å². The third-order valence-electron chi connectivity index (χ3n) is 6.84. The minimum Gasteiger partial charge on any atom is -0.316 e. The average Bonchev–Trinajstić information content (AvgIpc) is 3.41. The first-order chi connectivity index (χ1) is 14.3. The topological polar surface area (TPSA) is 12.0 Å². The van der Waals surface area contributed by atoms with Crippen LogP contribution in [0.25, 0.3) is 0 Å². The summed E-state index contributed by atoms with van der Waals surface area (Å²) >= 11 is 0. The molecule has 0 aromatic heterocycles. The van der Waals surface area contributed by atoms with Crippen molar-refractivity contribution in [3.63, 3.8) is 0 Å². The molecule has 2 nitrogen and oxygen atoms in total. The van der Waals surface area contributed by atoms with Crippen LogP contribution in [0.4, 0.5) is 17.6 Å². The molecule has 2 aromatic carbocycles. The van der Waals surface area contributed by atoms with Crippen molar-refractivity contribution in [2.45, 2.75) is 45.3 Å². The van der Waals surface area contributed by atoms with Gasteiger partial charge in [-0.05, 0) is 49.1 Å². The summed E-state index contributed by atoms with van der Waals surface area (Å²) in [6.45, 7) is 5.51. The van der Waals surface area contributed by atoms with Crippen molar-refractivity contribution in [3.8, 4) is 0 Å². The fraction of sp³-hybridized carbons (Fsp3) is 0.500. The normalized spacial score (nSPS) is 23.5. The second kappa shape index (κ2) is 8.67. The van der Waals surface area contributed by atoms with E-state index in [2.05, 4.69) is 12.2 Å². The fourth-order valence-corrected chi connectivity index (χ4v) is 4.69. The zero-order valence-corrected chi connectivity index (χ0v) is 17.3. The Labute approximate surface area is 175 Å². The van der Waals surface area contributed by atoms with Crippen molar-refractivity contribution in [2.75, 3.05) is 19.6 Å². The molecule has 2 atom stereocenters. The molecule has 2 fully saturated rings. The molecule has 6 heteroatoms. The van der Waals surface area contributed by atoms with Gasteiger partial charge in [0.25, 0.3) is 0 Å². The van der Waals surface area contributed by atoms with Crippen LogP contribution >= 0.6 is 0 Å². The molecule has 162 valence electrons. The molecule has 0 unspecified atom stereocenters. The van der Waals surface area contributed by atoms with E-state index >= 15 is 0 Å². The highest BCUT2D eigenvalue weighted by molar-refractivity contribution is 5.19. The summed E-state index contributed by atoms with van der Waals surface area (Å²) in [5, 5.41) is 3.62. The van der Waals surface area contributed by atoms with Gasteiger partial charge in [0.2, 0.25) is 0 Å². The number of hydrogen-bond acceptors (Lipinski definition) is 1. The lowest BCUT2D eigenvalue weighted by Gasteiger charge is -2.44. The monoisotopic (exact) mass is 421 g/mol. The number of benzene rings is 2. The van der Waals surface area contributed by atoms with Crippen molar-refractivity contribution in [1.29, 1.82) is 0 Å². The van der Waals surface area contributed by atoms with Gasteiger partial charge < -0.3 is 9.80 Å². The Kier molecular flexibility index (Phi) is 6.16. The Balaban J connectivity index is 1.50. The first-order valence-electron chi connectivity index (χ1n) is 10.8. The minimum absolute atomic E-state index is 0.364. The van der Waals surface area contributed by atoms with E-state index in [0.29, 0.717) is 40.7 Å². The van der Waals surface area contributed by atoms with E-state index in [1.165, 1.54) is 30.7 Å². The van der Waals surface area contributed by atoms with Crippen LogP contribution in [0.15, 0.2) is 36.4 Å². The molecule has 1 aliphatic heterocycles. The second-order valence-corrected chi connectivity index (χ2v) is 9.25. The van der Waals surface area contributed by atoms with Gasteiger partial charge in [0.15, 0.2) is 0 Å². The molecule has 0 spiro atoms. The van der Waals surface area contributed by atoms with Gasteiger partial charge in [-0.3, -0.25) is 0 Å². The molecule has 0 amide bonds. The van der Waals surface area contributed by atoms with Crippen LogP contribution in [0.2, 0.25) is 0 Å². The lowest BCUT2D eigenvalue weighted by Crippen LogP contribution is -2.53. The van der Waals surface area contributed by atoms with Gasteiger partial charge in [-0.2, -0.15) is 0 Å². The Morgan fingerprint density at radius 1 is 0.867 bits per heavy atom. The first kappa shape index (κ1) is 21.3. The number of likely N-dealkylation sites (tertiary alicyclic amines) is 1. The Bertz CT molecular complexity index is 837. The number of hydrogen-bond donors (Lipinski definition) is 1. The van der Waals surface area contributed by atoms with Crippen LogP contribution in [0.5, 0.6) is 0 Å². The van der Waals surface area contributed by atoms with E-state index in [4.69, 9.17) is 0 Å². The van der Waals surface area contributed by atoms with Gasteiger partial charge >= 0.3 is 0 Å². The standard InChI is InChI=1S/C24H29F4N2/c1-16-10-24(16)29-13-17-6-8-30(9-7-17,14-18-2-4-20(25)11-22(18)27)15-19-3-5-21(26)12-23(19)28/h2-5,11-12,16-17,24,29H,6-10,13-15H2,1H3/q+1/t16-,24-/m1/s1. The molecule has 0 radical (unpaired) electrons. The van der Waals surface area contributed by atoms with Gasteiger partial charge in [0.1, 0.15) is 36.4 Å². The summed E-state index contributed by atoms with van der Waals surface area (Å²) in [6.07, 6.45) is 3.15. The molecular weight excluding hydrogens is 392 g/mol. The molecule has 1 saturated carbocycles. The summed E-state index contributed by atoms with van der Waals surface area (Å²) < 4.78 is 56.0. The summed E-state index contributed by atoms with van der Waals surface area (Å²) in [7, 11) is 0. The van der Waals surface area contributed by atoms with Crippen LogP contribution < -0.4 is 5.32 Å². The number of nitrogens with one attached hydrogen (secondary N) is 1. The lowest BCUT2D eigenvalue weighted by atomic mass is 9.93. The van der Waals surface area contributed by atoms with E-state index in [0.717, 1.165) is 50.5 Å². The summed E-state index contributed by atoms with van der Waals surface area (Å²) in [4.78, 5) is 0. The highest BCUT2D eigenvalue weighted by Gasteiger charge is 2.37. The molecule has 1 heterocycles. The predicted molar refractivity (Wildman–Crippen MR) is 108 cm³/mol. The van der Waals surface area contributed by atoms with Crippen molar-refractivity contribution in [2.24, 2.45) is 11.8 Å². The third kappa shape index (κ3) is 5.03. The van der Waals surface area contributed by atoms with Gasteiger partial charge in [-0.25, -0.2) is 17.6 Å². The maximum atomic E-state index is 14.4. The molecule has 2 aliphatic rings. The Morgan fingerprint density at radius 3 is 1.80 bits per heavy atom. The molecular formula is C24H29F4N2+. The van der Waals surface area contributed by atoms with Crippen molar-refractivity contribution < 1.29 is 22.0 Å². The number of nitrogens with zero attached hydrogens (tertiary/aromatic N) is 1. The fourth-order valence-electron chi connectivity index (χ4n) is 4.69. The van der Waals surface area contributed by atoms with Gasteiger partial charge in [-0.1, -0.05) is 6.92 Å². The van der Waals surface area contributed by atoms with Crippen molar-refractivity contribution >= 4 is 0 Å². The highest BCUT2D eigenvalue weighted by atomic mass is 19.1. The number of halogens is 4. The summed E-state index contributed by atoms with van der Waals surface area (Å²) in [6, 6.07) is 7.92. The van der Waals surface area contributed by atoms with Crippen LogP contribution in [-0.4, -0.2) is 30.2 Å². The predicted octanol–water partition coefficient (Wildman–Crippen LogP) is 5.17. The second-order valence-electron chi connectivity index (χ2n) is 9.25. The van der Waals surface area contributed by atoms with Crippen molar-refractivity contribution in [1.82, 2.24) is 5.32 Å². The quantitative estimate of drug-likeness (QED) is 0.481. The van der Waals surface area contributed by atoms with E-state index in [1.54, 1.807) is 0 Å². The molecule has 4 rings (SSSR count). The van der Waals surface area contributed by atoms with E-state index in [9.17, 15) is 17.6 Å². The molecule has 1 saturated heterocycles. The molecule has 1 aliphatic carbocycles. The Morgan fingerprint density at radius 2 is 1.37 bits per heavy atom. The third-order valence-corrected chi connectivity index (χ3v) is 6.84.